The van der Waals surface area contributed by atoms with Gasteiger partial charge in [0, 0.05) is 0 Å². The van der Waals surface area contributed by atoms with E-state index >= 15 is 0 Å². The van der Waals surface area contributed by atoms with Crippen molar-refractivity contribution in [3.8, 4) is 0 Å². The van der Waals surface area contributed by atoms with E-state index in [0.717, 1.165) is 25.9 Å². The van der Waals surface area contributed by atoms with Crippen LogP contribution in [0, 0.1) is 0 Å². The monoisotopic (exact) mass is 276 g/mol. The largest absolute Gasteiger partial charge is 0.475 e. The smallest absolute Gasteiger partial charge is 0.227 e. The Balaban J connectivity index is 1.61. The molecule has 0 radical (unpaired) electrons. The number of rotatable bonds is 4. The van der Waals surface area contributed by atoms with E-state index in [-0.39, 0.29) is 12.1 Å². The van der Waals surface area contributed by atoms with Crippen LogP contribution in [0.2, 0.25) is 0 Å². The molecule has 1 aliphatic carbocycles. The second-order valence-corrected chi connectivity index (χ2v) is 5.11. The maximum atomic E-state index is 5.34. The van der Waals surface area contributed by atoms with Crippen molar-refractivity contribution in [2.45, 2.75) is 37.8 Å². The Morgan fingerprint density at radius 3 is 1.75 bits per heavy atom. The lowest BCUT2D eigenvalue weighted by Gasteiger charge is -2.25. The molecule has 20 heavy (non-hydrogen) atoms. The molecule has 1 fully saturated rings. The van der Waals surface area contributed by atoms with Crippen LogP contribution in [0.5, 0.6) is 0 Å². The van der Waals surface area contributed by atoms with Gasteiger partial charge in [-0.1, -0.05) is 12.8 Å². The Hall–Kier alpha value is -1.72. The number of hydrogen-bond donors (Lipinski definition) is 0. The van der Waals surface area contributed by atoms with Crippen molar-refractivity contribution >= 4 is 24.2 Å². The minimum atomic E-state index is 0.217. The predicted octanol–water partition coefficient (Wildman–Crippen LogP) is 1.30. The van der Waals surface area contributed by atoms with E-state index in [2.05, 4.69) is 20.0 Å². The highest BCUT2D eigenvalue weighted by Gasteiger charge is 2.24. The van der Waals surface area contributed by atoms with E-state index in [9.17, 15) is 0 Å². The highest BCUT2D eigenvalue weighted by molar-refractivity contribution is 6.27. The van der Waals surface area contributed by atoms with Crippen LogP contribution in [0.3, 0.4) is 0 Å². The summed E-state index contributed by atoms with van der Waals surface area (Å²) in [7, 11) is 0. The van der Waals surface area contributed by atoms with E-state index in [1.807, 2.05) is 0 Å². The summed E-state index contributed by atoms with van der Waals surface area (Å²) in [5.41, 5.74) is 0. The molecular weight excluding hydrogens is 256 g/mol. The van der Waals surface area contributed by atoms with Crippen LogP contribution in [0.1, 0.15) is 25.7 Å². The normalized spacial score (nSPS) is 30.4. The zero-order valence-electron chi connectivity index (χ0n) is 11.6. The molecule has 6 heteroatoms. The maximum absolute atomic E-state index is 5.34. The fraction of sp³-hybridized carbons (Fsp3) is 0.714. The highest BCUT2D eigenvalue weighted by Crippen LogP contribution is 2.23. The molecular formula is C14H20N4O2. The van der Waals surface area contributed by atoms with Gasteiger partial charge in [0.25, 0.3) is 0 Å². The summed E-state index contributed by atoms with van der Waals surface area (Å²) in [5.74, 6) is 1.31. The number of ether oxygens (including phenoxy) is 2. The molecule has 0 saturated heterocycles. The standard InChI is InChI=1S/C14H20N4O2/c1-2-4-12(18-10-14-16-6-8-20-14)11(3-1)17-9-13-15-5-7-19-13/h9-12H,1-8H2/b17-9+,18-10+. The summed E-state index contributed by atoms with van der Waals surface area (Å²) in [6, 6.07) is 0.433. The van der Waals surface area contributed by atoms with Gasteiger partial charge in [0.2, 0.25) is 11.8 Å². The van der Waals surface area contributed by atoms with Crippen molar-refractivity contribution in [3.63, 3.8) is 0 Å². The number of hydrogen-bond acceptors (Lipinski definition) is 6. The topological polar surface area (TPSA) is 67.9 Å². The average molecular weight is 276 g/mol. The van der Waals surface area contributed by atoms with Gasteiger partial charge in [0.05, 0.1) is 37.6 Å². The van der Waals surface area contributed by atoms with Crippen molar-refractivity contribution < 1.29 is 9.47 Å². The fourth-order valence-electron chi connectivity index (χ4n) is 2.62. The summed E-state index contributed by atoms with van der Waals surface area (Å²) in [6.07, 6.45) is 8.07. The van der Waals surface area contributed by atoms with Crippen LogP contribution >= 0.6 is 0 Å². The summed E-state index contributed by atoms with van der Waals surface area (Å²) >= 11 is 0. The van der Waals surface area contributed by atoms with Crippen molar-refractivity contribution in [1.29, 1.82) is 0 Å². The maximum Gasteiger partial charge on any atom is 0.227 e. The van der Waals surface area contributed by atoms with Crippen LogP contribution in [0.4, 0.5) is 0 Å². The second-order valence-electron chi connectivity index (χ2n) is 5.11. The number of nitrogens with zero attached hydrogens (tertiary/aromatic N) is 4. The first-order chi connectivity index (χ1) is 9.92. The van der Waals surface area contributed by atoms with Crippen molar-refractivity contribution in [1.82, 2.24) is 0 Å². The summed E-state index contributed by atoms with van der Waals surface area (Å²) < 4.78 is 10.7. The first kappa shape index (κ1) is 13.3. The van der Waals surface area contributed by atoms with Gasteiger partial charge in [-0.2, -0.15) is 0 Å². The first-order valence-corrected chi connectivity index (χ1v) is 7.33. The molecule has 2 atom stereocenters. The second kappa shape index (κ2) is 6.63. The highest BCUT2D eigenvalue weighted by atomic mass is 16.5. The van der Waals surface area contributed by atoms with Gasteiger partial charge in [-0.15, -0.1) is 0 Å². The van der Waals surface area contributed by atoms with Crippen LogP contribution in [0.25, 0.3) is 0 Å². The Morgan fingerprint density at radius 2 is 1.35 bits per heavy atom. The Bertz CT molecular complexity index is 414. The Kier molecular flexibility index (Phi) is 4.40. The first-order valence-electron chi connectivity index (χ1n) is 7.33. The zero-order valence-corrected chi connectivity index (χ0v) is 11.6. The molecule has 108 valence electrons. The van der Waals surface area contributed by atoms with Crippen molar-refractivity contribution in [2.24, 2.45) is 20.0 Å². The molecule has 2 aliphatic heterocycles. The Labute approximate surface area is 118 Å². The molecule has 2 heterocycles. The summed E-state index contributed by atoms with van der Waals surface area (Å²) in [4.78, 5) is 17.7. The molecule has 0 aromatic rings. The van der Waals surface area contributed by atoms with Crippen molar-refractivity contribution in [3.05, 3.63) is 0 Å². The third-order valence-electron chi connectivity index (χ3n) is 3.66. The van der Waals surface area contributed by atoms with E-state index < -0.39 is 0 Å². The lowest BCUT2D eigenvalue weighted by atomic mass is 9.91. The van der Waals surface area contributed by atoms with E-state index in [1.165, 1.54) is 12.8 Å². The van der Waals surface area contributed by atoms with Gasteiger partial charge >= 0.3 is 0 Å². The number of aliphatic imine (C=N–C) groups is 4. The van der Waals surface area contributed by atoms with E-state index in [4.69, 9.17) is 9.47 Å². The molecule has 0 spiro atoms. The minimum Gasteiger partial charge on any atom is -0.475 e. The van der Waals surface area contributed by atoms with Gasteiger partial charge in [0.15, 0.2) is 0 Å². The quantitative estimate of drug-likeness (QED) is 0.726. The Morgan fingerprint density at radius 1 is 0.850 bits per heavy atom. The van der Waals surface area contributed by atoms with Gasteiger partial charge in [0.1, 0.15) is 13.2 Å². The molecule has 3 rings (SSSR count). The third-order valence-corrected chi connectivity index (χ3v) is 3.66. The molecule has 2 unspecified atom stereocenters. The van der Waals surface area contributed by atoms with Crippen LogP contribution in [-0.4, -0.2) is 62.6 Å². The van der Waals surface area contributed by atoms with Gasteiger partial charge in [-0.3, -0.25) is 9.98 Å². The SMILES string of the molecule is C(=N\C1CCCCC1/N=C/C1=NCCO1)/C1=NCCO1. The minimum absolute atomic E-state index is 0.217. The van der Waals surface area contributed by atoms with E-state index in [0.29, 0.717) is 25.0 Å². The molecule has 0 aromatic carbocycles. The predicted molar refractivity (Wildman–Crippen MR) is 79.5 cm³/mol. The van der Waals surface area contributed by atoms with Crippen LogP contribution < -0.4 is 0 Å². The molecule has 0 bridgehead atoms. The molecule has 0 N–H and O–H groups in total. The van der Waals surface area contributed by atoms with Gasteiger partial charge in [-0.05, 0) is 12.8 Å². The molecule has 0 aromatic heterocycles. The molecule has 0 amide bonds. The lowest BCUT2D eigenvalue weighted by molar-refractivity contribution is 0.351. The van der Waals surface area contributed by atoms with Gasteiger partial charge < -0.3 is 9.47 Å². The van der Waals surface area contributed by atoms with Crippen LogP contribution in [-0.2, 0) is 9.47 Å². The van der Waals surface area contributed by atoms with Crippen LogP contribution in [0.15, 0.2) is 20.0 Å². The summed E-state index contributed by atoms with van der Waals surface area (Å²) in [5, 5.41) is 0. The van der Waals surface area contributed by atoms with E-state index in [1.54, 1.807) is 12.4 Å². The molecule has 6 nitrogen and oxygen atoms in total. The summed E-state index contributed by atoms with van der Waals surface area (Å²) in [6.45, 7) is 2.82. The fourth-order valence-corrected chi connectivity index (χ4v) is 2.62. The van der Waals surface area contributed by atoms with Crippen molar-refractivity contribution in [2.75, 3.05) is 26.3 Å². The molecule has 3 aliphatic rings. The van der Waals surface area contributed by atoms with Gasteiger partial charge in [-0.25, -0.2) is 9.98 Å². The zero-order chi connectivity index (χ0) is 13.6. The average Bonchev–Trinajstić information content (AvgIpc) is 3.17. The molecule has 1 saturated carbocycles. The third kappa shape index (κ3) is 3.43. The lowest BCUT2D eigenvalue weighted by Crippen LogP contribution is -2.28.